The fourth-order valence-electron chi connectivity index (χ4n) is 5.02. The van der Waals surface area contributed by atoms with E-state index >= 15 is 0 Å². The minimum absolute atomic E-state index is 0.0905. The van der Waals surface area contributed by atoms with Crippen LogP contribution in [0.15, 0.2) is 77.4 Å². The molecular formula is C24H19NO4. The lowest BCUT2D eigenvalue weighted by atomic mass is 9.73. The summed E-state index contributed by atoms with van der Waals surface area (Å²) in [4.78, 5) is 42.5. The highest BCUT2D eigenvalue weighted by Gasteiger charge is 2.67. The van der Waals surface area contributed by atoms with E-state index in [0.29, 0.717) is 29.0 Å². The van der Waals surface area contributed by atoms with Crippen molar-refractivity contribution in [3.8, 4) is 0 Å². The topological polar surface area (TPSA) is 67.6 Å². The number of furan rings is 1. The van der Waals surface area contributed by atoms with Gasteiger partial charge in [0.2, 0.25) is 0 Å². The number of Topliss-reactive ketones (excluding diaryl/α,β-unsaturated/α-hetero) is 3. The Morgan fingerprint density at radius 1 is 0.931 bits per heavy atom. The van der Waals surface area contributed by atoms with Crippen molar-refractivity contribution in [2.45, 2.75) is 11.5 Å². The molecule has 2 aliphatic rings. The monoisotopic (exact) mass is 385 g/mol. The number of hydrogen-bond acceptors (Lipinski definition) is 5. The Bertz CT molecular complexity index is 1080. The molecule has 5 nitrogen and oxygen atoms in total. The summed E-state index contributed by atoms with van der Waals surface area (Å²) in [7, 11) is 1.75. The Balaban J connectivity index is 1.70. The first-order valence-electron chi connectivity index (χ1n) is 9.59. The molecule has 0 bridgehead atoms. The minimum Gasteiger partial charge on any atom is -0.469 e. The lowest BCUT2D eigenvalue weighted by Crippen LogP contribution is -2.54. The number of carbonyl (C=O) groups is 3. The van der Waals surface area contributed by atoms with E-state index in [4.69, 9.17) is 4.42 Å². The van der Waals surface area contributed by atoms with Crippen LogP contribution in [0, 0.1) is 5.92 Å². The zero-order valence-corrected chi connectivity index (χ0v) is 15.9. The Kier molecular flexibility index (Phi) is 3.89. The van der Waals surface area contributed by atoms with Crippen molar-refractivity contribution >= 4 is 17.3 Å². The van der Waals surface area contributed by atoms with Gasteiger partial charge in [-0.1, -0.05) is 54.6 Å². The molecule has 0 saturated carbocycles. The molecule has 0 N–H and O–H groups in total. The standard InChI is InChI=1S/C24H19NO4/c1-25-14-18(21(26)15-8-3-2-4-9-15)20(19-12-7-13-29-19)24(25)22(27)16-10-5-6-11-17(16)23(24)28/h2-13,18,20H,14H2,1H3/t18-,20-/m0/s1. The number of carbonyl (C=O) groups excluding carboxylic acids is 3. The van der Waals surface area contributed by atoms with Crippen LogP contribution < -0.4 is 0 Å². The average Bonchev–Trinajstić information content (AvgIpc) is 3.43. The van der Waals surface area contributed by atoms with Crippen molar-refractivity contribution in [3.05, 3.63) is 95.4 Å². The maximum atomic E-state index is 13.6. The predicted molar refractivity (Wildman–Crippen MR) is 106 cm³/mol. The number of benzene rings is 2. The van der Waals surface area contributed by atoms with Crippen LogP contribution in [0.3, 0.4) is 0 Å². The second kappa shape index (κ2) is 6.36. The van der Waals surface area contributed by atoms with Crippen LogP contribution in [0.2, 0.25) is 0 Å². The second-order valence-corrected chi connectivity index (χ2v) is 7.68. The first-order valence-corrected chi connectivity index (χ1v) is 9.59. The third-order valence-corrected chi connectivity index (χ3v) is 6.28. The maximum absolute atomic E-state index is 13.6. The van der Waals surface area contributed by atoms with Gasteiger partial charge >= 0.3 is 0 Å². The number of likely N-dealkylation sites (N-methyl/N-ethyl adjacent to an activating group) is 1. The van der Waals surface area contributed by atoms with Gasteiger partial charge in [-0.05, 0) is 19.2 Å². The van der Waals surface area contributed by atoms with E-state index in [1.165, 1.54) is 6.26 Å². The van der Waals surface area contributed by atoms with E-state index < -0.39 is 17.4 Å². The van der Waals surface area contributed by atoms with Crippen LogP contribution in [-0.2, 0) is 0 Å². The molecule has 1 aliphatic heterocycles. The lowest BCUT2D eigenvalue weighted by molar-refractivity contribution is 0.0594. The molecule has 1 fully saturated rings. The van der Waals surface area contributed by atoms with Crippen LogP contribution in [0.4, 0.5) is 0 Å². The Hall–Kier alpha value is -3.31. The summed E-state index contributed by atoms with van der Waals surface area (Å²) in [5.74, 6) is -1.39. The molecular weight excluding hydrogens is 366 g/mol. The lowest BCUT2D eigenvalue weighted by Gasteiger charge is -2.33. The fraction of sp³-hybridized carbons (Fsp3) is 0.208. The SMILES string of the molecule is CN1C[C@H](C(=O)c2ccccc2)[C@@H](c2ccco2)C12C(=O)c1ccccc1C2=O. The molecule has 29 heavy (non-hydrogen) atoms. The van der Waals surface area contributed by atoms with E-state index in [9.17, 15) is 14.4 Å². The van der Waals surface area contributed by atoms with Gasteiger partial charge in [0.15, 0.2) is 22.9 Å². The van der Waals surface area contributed by atoms with Gasteiger partial charge in [-0.2, -0.15) is 0 Å². The van der Waals surface area contributed by atoms with Gasteiger partial charge in [-0.25, -0.2) is 0 Å². The highest BCUT2D eigenvalue weighted by molar-refractivity contribution is 6.34. The molecule has 3 aromatic rings. The first-order chi connectivity index (χ1) is 14.1. The zero-order valence-electron chi connectivity index (χ0n) is 15.9. The van der Waals surface area contributed by atoms with Gasteiger partial charge in [-0.15, -0.1) is 0 Å². The van der Waals surface area contributed by atoms with Crippen molar-refractivity contribution in [1.29, 1.82) is 0 Å². The zero-order chi connectivity index (χ0) is 20.2. The number of rotatable bonds is 3. The molecule has 1 aromatic heterocycles. The normalized spacial score (nSPS) is 22.9. The summed E-state index contributed by atoms with van der Waals surface area (Å²) >= 11 is 0. The van der Waals surface area contributed by atoms with Gasteiger partial charge in [0.05, 0.1) is 12.2 Å². The van der Waals surface area contributed by atoms with Crippen molar-refractivity contribution in [2.24, 2.45) is 5.92 Å². The molecule has 2 atom stereocenters. The summed E-state index contributed by atoms with van der Waals surface area (Å²) in [6.07, 6.45) is 1.52. The Morgan fingerprint density at radius 3 is 2.14 bits per heavy atom. The molecule has 1 spiro atoms. The third-order valence-electron chi connectivity index (χ3n) is 6.28. The predicted octanol–water partition coefficient (Wildman–Crippen LogP) is 3.63. The molecule has 1 aliphatic carbocycles. The summed E-state index contributed by atoms with van der Waals surface area (Å²) in [5.41, 5.74) is -0.0752. The van der Waals surface area contributed by atoms with Gasteiger partial charge in [0.25, 0.3) is 0 Å². The quantitative estimate of drug-likeness (QED) is 0.509. The molecule has 2 aromatic carbocycles. The summed E-state index contributed by atoms with van der Waals surface area (Å²) in [6.45, 7) is 0.296. The fourth-order valence-corrected chi connectivity index (χ4v) is 5.02. The molecule has 1 saturated heterocycles. The van der Waals surface area contributed by atoms with Crippen LogP contribution in [-0.4, -0.2) is 41.4 Å². The number of likely N-dealkylation sites (tertiary alicyclic amines) is 1. The van der Waals surface area contributed by atoms with Gasteiger partial charge < -0.3 is 4.42 Å². The van der Waals surface area contributed by atoms with Crippen LogP contribution >= 0.6 is 0 Å². The number of fused-ring (bicyclic) bond motifs is 1. The molecule has 2 heterocycles. The number of hydrogen-bond donors (Lipinski definition) is 0. The highest BCUT2D eigenvalue weighted by Crippen LogP contribution is 2.52. The summed E-state index contributed by atoms with van der Waals surface area (Å²) < 4.78 is 5.68. The van der Waals surface area contributed by atoms with E-state index in [-0.39, 0.29) is 17.3 Å². The van der Waals surface area contributed by atoms with Gasteiger partial charge in [0, 0.05) is 29.2 Å². The molecule has 5 heteroatoms. The smallest absolute Gasteiger partial charge is 0.192 e. The van der Waals surface area contributed by atoms with Crippen molar-refractivity contribution in [2.75, 3.05) is 13.6 Å². The molecule has 144 valence electrons. The maximum Gasteiger partial charge on any atom is 0.192 e. The number of nitrogens with zero attached hydrogens (tertiary/aromatic N) is 1. The Morgan fingerprint density at radius 2 is 1.55 bits per heavy atom. The van der Waals surface area contributed by atoms with E-state index in [1.807, 2.05) is 18.2 Å². The Labute approximate surface area is 167 Å². The van der Waals surface area contributed by atoms with Crippen molar-refractivity contribution in [3.63, 3.8) is 0 Å². The molecule has 5 rings (SSSR count). The van der Waals surface area contributed by atoms with E-state index in [1.54, 1.807) is 60.5 Å². The second-order valence-electron chi connectivity index (χ2n) is 7.68. The highest BCUT2D eigenvalue weighted by atomic mass is 16.3. The van der Waals surface area contributed by atoms with Gasteiger partial charge in [0.1, 0.15) is 5.76 Å². The van der Waals surface area contributed by atoms with Crippen molar-refractivity contribution in [1.82, 2.24) is 4.90 Å². The van der Waals surface area contributed by atoms with E-state index in [0.717, 1.165) is 0 Å². The first kappa shape index (κ1) is 17.8. The largest absolute Gasteiger partial charge is 0.469 e. The van der Waals surface area contributed by atoms with Gasteiger partial charge in [-0.3, -0.25) is 19.3 Å². The molecule has 0 radical (unpaired) electrons. The number of ketones is 3. The van der Waals surface area contributed by atoms with Crippen molar-refractivity contribution < 1.29 is 18.8 Å². The average molecular weight is 385 g/mol. The van der Waals surface area contributed by atoms with Crippen LogP contribution in [0.25, 0.3) is 0 Å². The summed E-state index contributed by atoms with van der Waals surface area (Å²) in [5, 5.41) is 0. The third kappa shape index (κ3) is 2.28. The molecule has 0 unspecified atom stereocenters. The summed E-state index contributed by atoms with van der Waals surface area (Å²) in [6, 6.07) is 19.4. The van der Waals surface area contributed by atoms with E-state index in [2.05, 4.69) is 0 Å². The molecule has 0 amide bonds. The van der Waals surface area contributed by atoms with Crippen LogP contribution in [0.5, 0.6) is 0 Å². The minimum atomic E-state index is -1.46. The van der Waals surface area contributed by atoms with Crippen LogP contribution in [0.1, 0.15) is 42.8 Å².